The van der Waals surface area contributed by atoms with Crippen molar-refractivity contribution in [3.05, 3.63) is 35.8 Å². The zero-order valence-electron chi connectivity index (χ0n) is 16.7. The van der Waals surface area contributed by atoms with Crippen LogP contribution in [0.2, 0.25) is 0 Å². The van der Waals surface area contributed by atoms with Gasteiger partial charge in [0.25, 0.3) is 12.6 Å². The molecule has 2 aliphatic heterocycles. The summed E-state index contributed by atoms with van der Waals surface area (Å²) in [6.45, 7) is 0.437. The van der Waals surface area contributed by atoms with Gasteiger partial charge in [-0.2, -0.15) is 4.57 Å². The molecule has 1 fully saturated rings. The number of thioether (sulfide) groups is 2. The van der Waals surface area contributed by atoms with Gasteiger partial charge in [0.15, 0.2) is 12.4 Å². The molecule has 2 aliphatic rings. The minimum atomic E-state index is -1.10. The summed E-state index contributed by atoms with van der Waals surface area (Å²) in [6.07, 6.45) is 3.69. The number of carboxylic acid groups (broad SMARTS) is 1. The number of aryl methyl sites for hydroxylation is 1. The molecule has 0 aliphatic carbocycles. The number of carboxylic acids is 1. The second-order valence-electron chi connectivity index (χ2n) is 6.68. The van der Waals surface area contributed by atoms with E-state index >= 15 is 0 Å². The summed E-state index contributed by atoms with van der Waals surface area (Å²) in [5, 5.41) is 24.5. The fraction of sp³-hybridized carbons (Fsp3) is 0.412. The standard InChI is InChI=1S/C17H19N7O4S2.H2O/c1-22-17(19-20-21-22)30-8-10-7-29-15-12(14(25)24(15)13(10)16(26)27)18-11-3-5-23(6-4-11)9-28-2;/h3-6,12,15H,7-9H2,1-2H3,(H,26,27);1H2/t12-,15?;/m0./s1. The summed E-state index contributed by atoms with van der Waals surface area (Å²) >= 11 is 2.90. The van der Waals surface area contributed by atoms with Crippen molar-refractivity contribution < 1.29 is 29.5 Å². The monoisotopic (exact) mass is 467 g/mol. The Kier molecular flexibility index (Phi) is 7.15. The number of hydrogen-bond acceptors (Lipinski definition) is 10. The molecule has 3 N–H and O–H groups in total. The number of hydrogen-bond donors (Lipinski definition) is 2. The predicted molar refractivity (Wildman–Crippen MR) is 110 cm³/mol. The van der Waals surface area contributed by atoms with E-state index in [2.05, 4.69) is 20.8 Å². The molecule has 31 heavy (non-hydrogen) atoms. The van der Waals surface area contributed by atoms with E-state index in [1.807, 2.05) is 29.1 Å². The lowest BCUT2D eigenvalue weighted by Gasteiger charge is -2.49. The number of rotatable bonds is 8. The number of β-lactam (4-membered cyclic amide) rings is 1. The average molecular weight is 468 g/mol. The van der Waals surface area contributed by atoms with Gasteiger partial charge >= 0.3 is 5.97 Å². The molecule has 4 rings (SSSR count). The third kappa shape index (κ3) is 4.51. The largest absolute Gasteiger partial charge is 0.870 e. The van der Waals surface area contributed by atoms with Gasteiger partial charge in [-0.05, 0) is 16.0 Å². The normalized spacial score (nSPS) is 20.1. The zero-order chi connectivity index (χ0) is 21.3. The maximum Gasteiger partial charge on any atom is 0.352 e. The first kappa shape index (κ1) is 23.0. The van der Waals surface area contributed by atoms with Crippen LogP contribution < -0.4 is 9.88 Å². The van der Waals surface area contributed by atoms with Crippen LogP contribution in [0, 0.1) is 0 Å². The molecule has 4 heterocycles. The average Bonchev–Trinajstić information content (AvgIpc) is 3.15. The highest BCUT2D eigenvalue weighted by molar-refractivity contribution is 8.01. The van der Waals surface area contributed by atoms with E-state index in [0.717, 1.165) is 5.69 Å². The van der Waals surface area contributed by atoms with Gasteiger partial charge < -0.3 is 20.6 Å². The molecule has 0 saturated carbocycles. The lowest BCUT2D eigenvalue weighted by Crippen LogP contribution is -2.67. The van der Waals surface area contributed by atoms with Crippen molar-refractivity contribution in [3.63, 3.8) is 0 Å². The van der Waals surface area contributed by atoms with Crippen LogP contribution in [0.3, 0.4) is 0 Å². The van der Waals surface area contributed by atoms with Crippen molar-refractivity contribution in [1.82, 2.24) is 25.1 Å². The lowest BCUT2D eigenvalue weighted by molar-refractivity contribution is -0.731. The Bertz CT molecular complexity index is 997. The summed E-state index contributed by atoms with van der Waals surface area (Å²) in [5.74, 6) is -0.426. The Morgan fingerprint density at radius 3 is 2.81 bits per heavy atom. The number of carbonyl (C=O) groups excluding carboxylic acids is 1. The Morgan fingerprint density at radius 1 is 1.45 bits per heavy atom. The minimum absolute atomic E-state index is 0. The number of tetrazole rings is 1. The van der Waals surface area contributed by atoms with E-state index in [1.165, 1.54) is 21.3 Å². The fourth-order valence-corrected chi connectivity index (χ4v) is 5.59. The molecular formula is C17H21N7O5S2. The molecule has 0 radical (unpaired) electrons. The molecule has 166 valence electrons. The van der Waals surface area contributed by atoms with Crippen molar-refractivity contribution in [2.24, 2.45) is 7.05 Å². The second-order valence-corrected chi connectivity index (χ2v) is 8.73. The third-order valence-electron chi connectivity index (χ3n) is 4.70. The topological polar surface area (TPSA) is 156 Å². The van der Waals surface area contributed by atoms with E-state index < -0.39 is 12.0 Å². The van der Waals surface area contributed by atoms with Gasteiger partial charge in [-0.3, -0.25) is 9.69 Å². The number of nitrogens with one attached hydrogen (secondary N) is 1. The van der Waals surface area contributed by atoms with E-state index in [4.69, 9.17) is 4.74 Å². The Morgan fingerprint density at radius 2 is 2.19 bits per heavy atom. The number of fused-ring (bicyclic) bond motifs is 1. The molecule has 0 spiro atoms. The number of methoxy groups -OCH3 is 1. The smallest absolute Gasteiger partial charge is 0.352 e. The molecule has 1 saturated heterocycles. The fourth-order valence-electron chi connectivity index (χ4n) is 3.26. The van der Waals surface area contributed by atoms with Crippen LogP contribution in [0.15, 0.2) is 41.0 Å². The first-order valence-electron chi connectivity index (χ1n) is 8.99. The molecule has 0 bridgehead atoms. The molecular weight excluding hydrogens is 446 g/mol. The van der Waals surface area contributed by atoms with Gasteiger partial charge in [-0.25, -0.2) is 9.48 Å². The minimum Gasteiger partial charge on any atom is -0.870 e. The maximum atomic E-state index is 12.8. The van der Waals surface area contributed by atoms with Gasteiger partial charge in [-0.15, -0.1) is 16.9 Å². The van der Waals surface area contributed by atoms with Gasteiger partial charge in [-0.1, -0.05) is 11.8 Å². The molecule has 12 nitrogen and oxygen atoms in total. The highest BCUT2D eigenvalue weighted by atomic mass is 32.2. The Balaban J connectivity index is 0.00000272. The Hall–Kier alpha value is -2.68. The summed E-state index contributed by atoms with van der Waals surface area (Å²) < 4.78 is 8.45. The van der Waals surface area contributed by atoms with Gasteiger partial charge in [0.2, 0.25) is 5.16 Å². The van der Waals surface area contributed by atoms with E-state index in [-0.39, 0.29) is 22.5 Å². The van der Waals surface area contributed by atoms with Crippen LogP contribution >= 0.6 is 23.5 Å². The summed E-state index contributed by atoms with van der Waals surface area (Å²) in [5.41, 5.74) is 1.54. The van der Waals surface area contributed by atoms with Gasteiger partial charge in [0.05, 0.1) is 0 Å². The zero-order valence-corrected chi connectivity index (χ0v) is 18.3. The number of carbonyl (C=O) groups is 2. The Labute approximate surface area is 185 Å². The highest BCUT2D eigenvalue weighted by Gasteiger charge is 2.53. The summed E-state index contributed by atoms with van der Waals surface area (Å²) in [7, 11) is 3.33. The van der Waals surface area contributed by atoms with E-state index in [1.54, 1.807) is 25.9 Å². The SMILES string of the molecule is COC[n+]1ccc(N[C@H]2C(=O)N3C(C(=O)O)=C(CSc4nnnn4C)CSC23)cc1.[OH-]. The second kappa shape index (κ2) is 9.64. The van der Waals surface area contributed by atoms with Crippen LogP contribution in [0.4, 0.5) is 5.69 Å². The predicted octanol–water partition coefficient (Wildman–Crippen LogP) is -0.249. The third-order valence-corrected chi connectivity index (χ3v) is 7.13. The lowest BCUT2D eigenvalue weighted by atomic mass is 10.0. The van der Waals surface area contributed by atoms with Crippen molar-refractivity contribution in [3.8, 4) is 0 Å². The summed E-state index contributed by atoms with van der Waals surface area (Å²) in [6, 6.07) is 3.24. The molecule has 2 aromatic heterocycles. The van der Waals surface area contributed by atoms with E-state index in [0.29, 0.717) is 29.0 Å². The van der Waals surface area contributed by atoms with E-state index in [9.17, 15) is 14.7 Å². The first-order valence-corrected chi connectivity index (χ1v) is 11.0. The van der Waals surface area contributed by atoms with Gasteiger partial charge in [0.1, 0.15) is 17.1 Å². The van der Waals surface area contributed by atoms with Crippen molar-refractivity contribution in [2.45, 2.75) is 23.3 Å². The van der Waals surface area contributed by atoms with Crippen molar-refractivity contribution >= 4 is 41.1 Å². The highest BCUT2D eigenvalue weighted by Crippen LogP contribution is 2.42. The number of aliphatic carboxylic acids is 1. The molecule has 1 unspecified atom stereocenters. The maximum absolute atomic E-state index is 12.8. The van der Waals surface area contributed by atoms with Crippen molar-refractivity contribution in [1.29, 1.82) is 0 Å². The van der Waals surface area contributed by atoms with Crippen LogP contribution in [0.25, 0.3) is 0 Å². The molecule has 14 heteroatoms. The molecule has 1 amide bonds. The summed E-state index contributed by atoms with van der Waals surface area (Å²) in [4.78, 5) is 26.1. The number of amides is 1. The number of ether oxygens (including phenoxy) is 1. The molecule has 2 aromatic rings. The molecule has 2 atom stereocenters. The quantitative estimate of drug-likeness (QED) is 0.300. The number of nitrogens with zero attached hydrogens (tertiary/aromatic N) is 6. The van der Waals surface area contributed by atoms with Crippen LogP contribution in [-0.2, 0) is 28.1 Å². The van der Waals surface area contributed by atoms with Crippen LogP contribution in [0.5, 0.6) is 0 Å². The molecule has 0 aromatic carbocycles. The van der Waals surface area contributed by atoms with Crippen molar-refractivity contribution in [2.75, 3.05) is 23.9 Å². The van der Waals surface area contributed by atoms with Crippen LogP contribution in [-0.4, -0.2) is 77.6 Å². The number of aromatic nitrogens is 5. The first-order chi connectivity index (χ1) is 14.5. The number of pyridine rings is 1. The number of anilines is 1. The van der Waals surface area contributed by atoms with Gasteiger partial charge in [0, 0.05) is 43.5 Å². The van der Waals surface area contributed by atoms with Crippen LogP contribution in [0.1, 0.15) is 0 Å².